The molecule has 0 saturated carbocycles. The van der Waals surface area contributed by atoms with Crippen LogP contribution >= 0.6 is 0 Å². The fraction of sp³-hybridized carbons (Fsp3) is 0.625. The van der Waals surface area contributed by atoms with Crippen molar-refractivity contribution < 1.29 is 0 Å². The zero-order valence-electron chi connectivity index (χ0n) is 11.7. The molecule has 0 spiro atoms. The summed E-state index contributed by atoms with van der Waals surface area (Å²) in [6, 6.07) is 9.68. The Morgan fingerprint density at radius 2 is 1.61 bits per heavy atom. The van der Waals surface area contributed by atoms with E-state index in [2.05, 4.69) is 43.0 Å². The van der Waals surface area contributed by atoms with E-state index in [1.807, 2.05) is 0 Å². The lowest BCUT2D eigenvalue weighted by Gasteiger charge is -2.28. The number of hydrogen-bond donors (Lipinski definition) is 1. The number of rotatable bonds is 5. The normalized spacial score (nSPS) is 18.4. The third-order valence-electron chi connectivity index (χ3n) is 4.01. The maximum absolute atomic E-state index is 5.79. The molecule has 1 aliphatic rings. The zero-order valence-corrected chi connectivity index (χ0v) is 11.7. The summed E-state index contributed by atoms with van der Waals surface area (Å²) in [5.41, 5.74) is 8.65. The van der Waals surface area contributed by atoms with Crippen molar-refractivity contribution in [3.05, 3.63) is 35.4 Å². The first-order chi connectivity index (χ1) is 8.72. The smallest absolute Gasteiger partial charge is 0.0360 e. The van der Waals surface area contributed by atoms with Crippen molar-refractivity contribution in [2.24, 2.45) is 5.73 Å². The minimum absolute atomic E-state index is 0.527. The van der Waals surface area contributed by atoms with Crippen LogP contribution in [0.25, 0.3) is 0 Å². The summed E-state index contributed by atoms with van der Waals surface area (Å²) in [5.74, 6) is 0.610. The lowest BCUT2D eigenvalue weighted by molar-refractivity contribution is 0.236. The minimum atomic E-state index is 0.527. The summed E-state index contributed by atoms with van der Waals surface area (Å²) in [7, 11) is 0. The zero-order chi connectivity index (χ0) is 13.0. The minimum Gasteiger partial charge on any atom is -0.330 e. The van der Waals surface area contributed by atoms with E-state index in [1.165, 1.54) is 37.1 Å². The molecule has 1 unspecified atom stereocenters. The molecule has 1 fully saturated rings. The third kappa shape index (κ3) is 3.12. The van der Waals surface area contributed by atoms with Gasteiger partial charge in [0.2, 0.25) is 0 Å². The van der Waals surface area contributed by atoms with Crippen molar-refractivity contribution in [1.82, 2.24) is 4.90 Å². The SMILES string of the molecule is CC(C)c1ccc(C(CCN)N2CCCC2)cc1. The number of nitrogens with zero attached hydrogens (tertiary/aromatic N) is 1. The van der Waals surface area contributed by atoms with Gasteiger partial charge in [0.25, 0.3) is 0 Å². The Morgan fingerprint density at radius 3 is 2.11 bits per heavy atom. The molecular formula is C16H26N2. The molecule has 0 aromatic heterocycles. The standard InChI is InChI=1S/C16H26N2/c1-13(2)14-5-7-15(8-6-14)16(9-10-17)18-11-3-4-12-18/h5-8,13,16H,3-4,9-12,17H2,1-2H3. The molecule has 0 radical (unpaired) electrons. The monoisotopic (exact) mass is 246 g/mol. The molecule has 2 nitrogen and oxygen atoms in total. The van der Waals surface area contributed by atoms with Gasteiger partial charge >= 0.3 is 0 Å². The molecule has 1 atom stereocenters. The number of benzene rings is 1. The fourth-order valence-electron chi connectivity index (χ4n) is 2.87. The van der Waals surface area contributed by atoms with Gasteiger partial charge < -0.3 is 5.73 Å². The van der Waals surface area contributed by atoms with Crippen molar-refractivity contribution in [2.45, 2.75) is 45.1 Å². The molecule has 1 saturated heterocycles. The summed E-state index contributed by atoms with van der Waals surface area (Å²) in [6.07, 6.45) is 3.75. The highest BCUT2D eigenvalue weighted by molar-refractivity contribution is 5.27. The molecular weight excluding hydrogens is 220 g/mol. The van der Waals surface area contributed by atoms with E-state index < -0.39 is 0 Å². The highest BCUT2D eigenvalue weighted by Crippen LogP contribution is 2.28. The van der Waals surface area contributed by atoms with Crippen LogP contribution < -0.4 is 5.73 Å². The Balaban J connectivity index is 2.14. The molecule has 100 valence electrons. The number of hydrogen-bond acceptors (Lipinski definition) is 2. The molecule has 0 aliphatic carbocycles. The predicted molar refractivity (Wildman–Crippen MR) is 77.8 cm³/mol. The third-order valence-corrected chi connectivity index (χ3v) is 4.01. The van der Waals surface area contributed by atoms with E-state index in [-0.39, 0.29) is 0 Å². The summed E-state index contributed by atoms with van der Waals surface area (Å²) in [5, 5.41) is 0. The van der Waals surface area contributed by atoms with Crippen LogP contribution in [0.4, 0.5) is 0 Å². The van der Waals surface area contributed by atoms with E-state index in [0.29, 0.717) is 12.0 Å². The maximum atomic E-state index is 5.79. The second kappa shape index (κ2) is 6.35. The average Bonchev–Trinajstić information content (AvgIpc) is 2.90. The summed E-state index contributed by atoms with van der Waals surface area (Å²) in [6.45, 7) is 7.72. The van der Waals surface area contributed by atoms with Crippen molar-refractivity contribution in [3.8, 4) is 0 Å². The van der Waals surface area contributed by atoms with Crippen LogP contribution in [0.2, 0.25) is 0 Å². The number of nitrogens with two attached hydrogens (primary N) is 1. The topological polar surface area (TPSA) is 29.3 Å². The highest BCUT2D eigenvalue weighted by Gasteiger charge is 2.22. The quantitative estimate of drug-likeness (QED) is 0.863. The van der Waals surface area contributed by atoms with Crippen LogP contribution in [0, 0.1) is 0 Å². The molecule has 1 aromatic carbocycles. The largest absolute Gasteiger partial charge is 0.330 e. The van der Waals surface area contributed by atoms with Gasteiger partial charge in [0.15, 0.2) is 0 Å². The van der Waals surface area contributed by atoms with Crippen molar-refractivity contribution >= 4 is 0 Å². The molecule has 1 heterocycles. The van der Waals surface area contributed by atoms with E-state index in [0.717, 1.165) is 13.0 Å². The Kier molecular flexibility index (Phi) is 4.79. The van der Waals surface area contributed by atoms with Gasteiger partial charge in [0, 0.05) is 6.04 Å². The van der Waals surface area contributed by atoms with Crippen LogP contribution in [0.3, 0.4) is 0 Å². The Bertz CT molecular complexity index is 350. The lowest BCUT2D eigenvalue weighted by Crippen LogP contribution is -2.27. The van der Waals surface area contributed by atoms with Crippen LogP contribution in [-0.2, 0) is 0 Å². The Morgan fingerprint density at radius 1 is 1.06 bits per heavy atom. The van der Waals surface area contributed by atoms with Crippen molar-refractivity contribution in [3.63, 3.8) is 0 Å². The summed E-state index contributed by atoms with van der Waals surface area (Å²) in [4.78, 5) is 2.59. The first kappa shape index (κ1) is 13.6. The van der Waals surface area contributed by atoms with Crippen molar-refractivity contribution in [2.75, 3.05) is 19.6 Å². The van der Waals surface area contributed by atoms with E-state index in [1.54, 1.807) is 0 Å². The fourth-order valence-corrected chi connectivity index (χ4v) is 2.87. The molecule has 2 heteroatoms. The van der Waals surface area contributed by atoms with Crippen LogP contribution in [0.5, 0.6) is 0 Å². The molecule has 18 heavy (non-hydrogen) atoms. The molecule has 2 N–H and O–H groups in total. The van der Waals surface area contributed by atoms with Crippen molar-refractivity contribution in [1.29, 1.82) is 0 Å². The second-order valence-electron chi connectivity index (χ2n) is 5.66. The van der Waals surface area contributed by atoms with Gasteiger partial charge in [-0.25, -0.2) is 0 Å². The highest BCUT2D eigenvalue weighted by atomic mass is 15.2. The van der Waals surface area contributed by atoms with Gasteiger partial charge in [-0.1, -0.05) is 38.1 Å². The average molecular weight is 246 g/mol. The Labute approximate surface area is 111 Å². The van der Waals surface area contributed by atoms with Gasteiger partial charge in [-0.2, -0.15) is 0 Å². The summed E-state index contributed by atoms with van der Waals surface area (Å²) >= 11 is 0. The summed E-state index contributed by atoms with van der Waals surface area (Å²) < 4.78 is 0. The Hall–Kier alpha value is -0.860. The van der Waals surface area contributed by atoms with Gasteiger partial charge in [0.05, 0.1) is 0 Å². The molecule has 1 aromatic rings. The first-order valence-corrected chi connectivity index (χ1v) is 7.26. The first-order valence-electron chi connectivity index (χ1n) is 7.26. The van der Waals surface area contributed by atoms with Gasteiger partial charge in [-0.3, -0.25) is 4.90 Å². The van der Waals surface area contributed by atoms with Gasteiger partial charge in [-0.15, -0.1) is 0 Å². The van der Waals surface area contributed by atoms with Gasteiger partial charge in [-0.05, 0) is 55.9 Å². The molecule has 0 amide bonds. The predicted octanol–water partition coefficient (Wildman–Crippen LogP) is 3.30. The van der Waals surface area contributed by atoms with Gasteiger partial charge in [0.1, 0.15) is 0 Å². The van der Waals surface area contributed by atoms with Crippen LogP contribution in [0.15, 0.2) is 24.3 Å². The van der Waals surface area contributed by atoms with Crippen LogP contribution in [0.1, 0.15) is 56.2 Å². The maximum Gasteiger partial charge on any atom is 0.0360 e. The molecule has 2 rings (SSSR count). The van der Waals surface area contributed by atoms with E-state index in [4.69, 9.17) is 5.73 Å². The van der Waals surface area contributed by atoms with E-state index >= 15 is 0 Å². The van der Waals surface area contributed by atoms with Crippen LogP contribution in [-0.4, -0.2) is 24.5 Å². The molecule has 0 bridgehead atoms. The number of likely N-dealkylation sites (tertiary alicyclic amines) is 1. The lowest BCUT2D eigenvalue weighted by atomic mass is 9.97. The molecule has 1 aliphatic heterocycles. The second-order valence-corrected chi connectivity index (χ2v) is 5.66. The van der Waals surface area contributed by atoms with E-state index in [9.17, 15) is 0 Å².